The van der Waals surface area contributed by atoms with Crippen LogP contribution in [0.1, 0.15) is 39.5 Å². The Morgan fingerprint density at radius 2 is 1.74 bits per heavy atom. The average Bonchev–Trinajstić information content (AvgIpc) is 3.09. The van der Waals surface area contributed by atoms with Gasteiger partial charge in [-0.05, 0) is 42.2 Å². The molecule has 0 aliphatic carbocycles. The topological polar surface area (TPSA) is 68.2 Å². The van der Waals surface area contributed by atoms with Crippen LogP contribution in [0.2, 0.25) is 0 Å². The van der Waals surface area contributed by atoms with E-state index in [1.54, 1.807) is 26.4 Å². The first-order valence-electron chi connectivity index (χ1n) is 10.6. The van der Waals surface area contributed by atoms with Crippen LogP contribution in [0.15, 0.2) is 36.1 Å². The fourth-order valence-corrected chi connectivity index (χ4v) is 3.67. The second-order valence-electron chi connectivity index (χ2n) is 7.69. The van der Waals surface area contributed by atoms with Crippen LogP contribution < -0.4 is 4.74 Å². The Balaban J connectivity index is 1.92. The number of rotatable bonds is 10. The zero-order valence-electron chi connectivity index (χ0n) is 18.7. The number of hydrogen-bond donors (Lipinski definition) is 1. The SMILES string of the molecule is CCc1ccc(/C=C2/Oc3c(CN(CCOC)CCOC)c(O)cc(C)c3C2=O)cc1. The number of fused-ring (bicyclic) bond motifs is 1. The number of phenols is 1. The fourth-order valence-electron chi connectivity index (χ4n) is 3.67. The Hall–Kier alpha value is -2.67. The summed E-state index contributed by atoms with van der Waals surface area (Å²) in [6, 6.07) is 9.69. The van der Waals surface area contributed by atoms with Crippen LogP contribution >= 0.6 is 0 Å². The van der Waals surface area contributed by atoms with Crippen molar-refractivity contribution in [2.75, 3.05) is 40.5 Å². The second kappa shape index (κ2) is 10.6. The lowest BCUT2D eigenvalue weighted by atomic mass is 9.99. The van der Waals surface area contributed by atoms with E-state index in [0.29, 0.717) is 55.3 Å². The van der Waals surface area contributed by atoms with Gasteiger partial charge >= 0.3 is 0 Å². The maximum Gasteiger partial charge on any atom is 0.232 e. The number of ketones is 1. The summed E-state index contributed by atoms with van der Waals surface area (Å²) in [6.45, 7) is 6.79. The van der Waals surface area contributed by atoms with Crippen molar-refractivity contribution in [3.8, 4) is 11.5 Å². The molecule has 6 heteroatoms. The van der Waals surface area contributed by atoms with Gasteiger partial charge < -0.3 is 19.3 Å². The first-order chi connectivity index (χ1) is 15.0. The molecule has 2 aromatic carbocycles. The molecule has 0 spiro atoms. The molecule has 0 saturated carbocycles. The Labute approximate surface area is 184 Å². The van der Waals surface area contributed by atoms with Crippen LogP contribution in [-0.2, 0) is 22.4 Å². The summed E-state index contributed by atoms with van der Waals surface area (Å²) in [6.07, 6.45) is 2.72. The first-order valence-corrected chi connectivity index (χ1v) is 10.6. The van der Waals surface area contributed by atoms with Crippen LogP contribution in [0.25, 0.3) is 6.08 Å². The molecule has 1 aliphatic rings. The van der Waals surface area contributed by atoms with Crippen molar-refractivity contribution in [2.24, 2.45) is 0 Å². The summed E-state index contributed by atoms with van der Waals surface area (Å²) < 4.78 is 16.5. The quantitative estimate of drug-likeness (QED) is 0.581. The largest absolute Gasteiger partial charge is 0.507 e. The molecule has 0 atom stereocenters. The van der Waals surface area contributed by atoms with E-state index in [4.69, 9.17) is 14.2 Å². The number of ether oxygens (including phenoxy) is 3. The van der Waals surface area contributed by atoms with Crippen molar-refractivity contribution in [2.45, 2.75) is 26.8 Å². The molecule has 3 rings (SSSR count). The Morgan fingerprint density at radius 1 is 1.10 bits per heavy atom. The maximum atomic E-state index is 13.1. The summed E-state index contributed by atoms with van der Waals surface area (Å²) >= 11 is 0. The highest BCUT2D eigenvalue weighted by Crippen LogP contribution is 2.42. The van der Waals surface area contributed by atoms with Crippen LogP contribution in [0.3, 0.4) is 0 Å². The molecule has 0 fully saturated rings. The van der Waals surface area contributed by atoms with Gasteiger partial charge in [-0.25, -0.2) is 0 Å². The zero-order valence-corrected chi connectivity index (χ0v) is 18.7. The van der Waals surface area contributed by atoms with Crippen LogP contribution in [0.4, 0.5) is 0 Å². The minimum Gasteiger partial charge on any atom is -0.507 e. The Bertz CT molecular complexity index is 941. The number of aromatic hydroxyl groups is 1. The number of phenolic OH excluding ortho intramolecular Hbond substituents is 1. The molecule has 0 saturated heterocycles. The van der Waals surface area contributed by atoms with Gasteiger partial charge in [0.2, 0.25) is 5.78 Å². The average molecular weight is 426 g/mol. The van der Waals surface area contributed by atoms with Crippen molar-refractivity contribution in [3.05, 3.63) is 63.9 Å². The number of methoxy groups -OCH3 is 2. The first kappa shape index (κ1) is 23.0. The van der Waals surface area contributed by atoms with Gasteiger partial charge in [-0.1, -0.05) is 31.2 Å². The van der Waals surface area contributed by atoms with E-state index >= 15 is 0 Å². The van der Waals surface area contributed by atoms with E-state index in [9.17, 15) is 9.90 Å². The number of carbonyl (C=O) groups excluding carboxylic acids is 1. The summed E-state index contributed by atoms with van der Waals surface area (Å²) in [5.41, 5.74) is 3.96. The van der Waals surface area contributed by atoms with E-state index in [0.717, 1.165) is 12.0 Å². The van der Waals surface area contributed by atoms with Gasteiger partial charge in [-0.15, -0.1) is 0 Å². The van der Waals surface area contributed by atoms with E-state index < -0.39 is 0 Å². The van der Waals surface area contributed by atoms with Gasteiger partial charge in [0.1, 0.15) is 11.5 Å². The van der Waals surface area contributed by atoms with Gasteiger partial charge in [-0.2, -0.15) is 0 Å². The molecular weight excluding hydrogens is 394 g/mol. The second-order valence-corrected chi connectivity index (χ2v) is 7.69. The van der Waals surface area contributed by atoms with Crippen LogP contribution in [0.5, 0.6) is 11.5 Å². The number of benzene rings is 2. The monoisotopic (exact) mass is 425 g/mol. The molecule has 0 bridgehead atoms. The number of nitrogens with zero attached hydrogens (tertiary/aromatic N) is 1. The maximum absolute atomic E-state index is 13.1. The van der Waals surface area contributed by atoms with Crippen molar-refractivity contribution < 1.29 is 24.1 Å². The van der Waals surface area contributed by atoms with Crippen molar-refractivity contribution in [1.82, 2.24) is 4.90 Å². The lowest BCUT2D eigenvalue weighted by Crippen LogP contribution is -2.30. The molecule has 0 radical (unpaired) electrons. The van der Waals surface area contributed by atoms with Gasteiger partial charge in [-0.3, -0.25) is 9.69 Å². The van der Waals surface area contributed by atoms with E-state index in [1.807, 2.05) is 31.2 Å². The number of carbonyl (C=O) groups is 1. The number of hydrogen-bond acceptors (Lipinski definition) is 6. The van der Waals surface area contributed by atoms with Crippen LogP contribution in [0, 0.1) is 6.92 Å². The summed E-state index contributed by atoms with van der Waals surface area (Å²) in [7, 11) is 3.31. The third-order valence-electron chi connectivity index (χ3n) is 5.51. The predicted octanol–water partition coefficient (Wildman–Crippen LogP) is 3.97. The molecule has 2 aromatic rings. The third-order valence-corrected chi connectivity index (χ3v) is 5.51. The number of aryl methyl sites for hydroxylation is 2. The van der Waals surface area contributed by atoms with E-state index in [-0.39, 0.29) is 17.3 Å². The zero-order chi connectivity index (χ0) is 22.4. The van der Waals surface area contributed by atoms with Crippen molar-refractivity contribution in [1.29, 1.82) is 0 Å². The van der Waals surface area contributed by atoms with E-state index in [2.05, 4.69) is 11.8 Å². The molecule has 1 heterocycles. The van der Waals surface area contributed by atoms with Gasteiger partial charge in [0.05, 0.1) is 24.3 Å². The fraction of sp³-hybridized carbons (Fsp3) is 0.400. The summed E-state index contributed by atoms with van der Waals surface area (Å²) in [5, 5.41) is 10.7. The van der Waals surface area contributed by atoms with E-state index in [1.165, 1.54) is 5.56 Å². The molecular formula is C25H31NO5. The molecule has 166 valence electrons. The van der Waals surface area contributed by atoms with Gasteiger partial charge in [0, 0.05) is 33.9 Å². The number of allylic oxidation sites excluding steroid dienone is 1. The standard InChI is InChI=1S/C25H31NO5/c1-5-18-6-8-19(9-7-18)15-22-24(28)23-17(2)14-21(27)20(25(23)31-22)16-26(10-12-29-3)11-13-30-4/h6-9,14-15,27H,5,10-13,16H2,1-4H3/b22-15+. The third kappa shape index (κ3) is 5.34. The highest BCUT2D eigenvalue weighted by Gasteiger charge is 2.33. The van der Waals surface area contributed by atoms with Crippen LogP contribution in [-0.4, -0.2) is 56.3 Å². The highest BCUT2D eigenvalue weighted by atomic mass is 16.5. The Kier molecular flexibility index (Phi) is 7.85. The molecule has 1 N–H and O–H groups in total. The lowest BCUT2D eigenvalue weighted by molar-refractivity contribution is 0.101. The van der Waals surface area contributed by atoms with Crippen molar-refractivity contribution in [3.63, 3.8) is 0 Å². The minimum atomic E-state index is -0.159. The molecule has 0 amide bonds. The van der Waals surface area contributed by atoms with Crippen molar-refractivity contribution >= 4 is 11.9 Å². The van der Waals surface area contributed by atoms with Gasteiger partial charge in [0.15, 0.2) is 5.76 Å². The number of Topliss-reactive ketones (excluding diaryl/α,β-unsaturated/α-hetero) is 1. The predicted molar refractivity (Wildman–Crippen MR) is 121 cm³/mol. The summed E-state index contributed by atoms with van der Waals surface area (Å²) in [4.78, 5) is 15.2. The molecule has 0 aromatic heterocycles. The normalized spacial score (nSPS) is 14.4. The molecule has 1 aliphatic heterocycles. The summed E-state index contributed by atoms with van der Waals surface area (Å²) in [5.74, 6) is 0.680. The van der Waals surface area contributed by atoms with Gasteiger partial charge in [0.25, 0.3) is 0 Å². The molecule has 31 heavy (non-hydrogen) atoms. The molecule has 0 unspecified atom stereocenters. The minimum absolute atomic E-state index is 0.123. The lowest BCUT2D eigenvalue weighted by Gasteiger charge is -2.23. The Morgan fingerprint density at radius 3 is 2.32 bits per heavy atom. The molecule has 6 nitrogen and oxygen atoms in total. The highest BCUT2D eigenvalue weighted by molar-refractivity contribution is 6.15. The smallest absolute Gasteiger partial charge is 0.232 e.